The Bertz CT molecular complexity index is 1030. The first-order valence-corrected chi connectivity index (χ1v) is 9.47. The van der Waals surface area contributed by atoms with Gasteiger partial charge in [0.15, 0.2) is 0 Å². The van der Waals surface area contributed by atoms with Gasteiger partial charge in [-0.15, -0.1) is 0 Å². The normalized spacial score (nSPS) is 12.0. The monoisotopic (exact) mass is 400 g/mol. The zero-order valence-corrected chi connectivity index (χ0v) is 16.5. The molecule has 0 fully saturated rings. The number of esters is 1. The lowest BCUT2D eigenvalue weighted by Crippen LogP contribution is -2.20. The quantitative estimate of drug-likeness (QED) is 0.408. The first-order chi connectivity index (χ1) is 13.5. The Morgan fingerprint density at radius 1 is 1.18 bits per heavy atom. The highest BCUT2D eigenvalue weighted by Gasteiger charge is 2.25. The third-order valence-corrected chi connectivity index (χ3v) is 4.74. The number of ether oxygens (including phenoxy) is 2. The maximum atomic E-state index is 12.3. The molecule has 0 unspecified atom stereocenters. The molecular formula is C22H21ClO5. The van der Waals surface area contributed by atoms with Crippen molar-refractivity contribution in [2.45, 2.75) is 32.3 Å². The summed E-state index contributed by atoms with van der Waals surface area (Å²) >= 11 is 6.43. The van der Waals surface area contributed by atoms with E-state index < -0.39 is 17.7 Å². The van der Waals surface area contributed by atoms with Crippen LogP contribution in [0.15, 0.2) is 57.7 Å². The molecule has 1 heterocycles. The summed E-state index contributed by atoms with van der Waals surface area (Å²) in [6, 6.07) is 13.7. The summed E-state index contributed by atoms with van der Waals surface area (Å²) in [5, 5.41) is 1.09. The predicted molar refractivity (Wildman–Crippen MR) is 108 cm³/mol. The Morgan fingerprint density at radius 3 is 2.61 bits per heavy atom. The van der Waals surface area contributed by atoms with E-state index in [1.807, 2.05) is 6.07 Å². The molecular weight excluding hydrogens is 380 g/mol. The highest BCUT2D eigenvalue weighted by molar-refractivity contribution is 6.32. The second-order valence-electron chi connectivity index (χ2n) is 6.40. The number of hydrogen-bond acceptors (Lipinski definition) is 5. The molecule has 5 nitrogen and oxygen atoms in total. The maximum Gasteiger partial charge on any atom is 0.351 e. The zero-order valence-electron chi connectivity index (χ0n) is 15.7. The molecule has 0 spiro atoms. The fraction of sp³-hybridized carbons (Fsp3) is 0.273. The van der Waals surface area contributed by atoms with Crippen LogP contribution >= 0.6 is 11.6 Å². The van der Waals surface area contributed by atoms with E-state index in [9.17, 15) is 9.59 Å². The van der Waals surface area contributed by atoms with Crippen LogP contribution in [0.5, 0.6) is 5.75 Å². The van der Waals surface area contributed by atoms with E-state index in [4.69, 9.17) is 25.5 Å². The minimum atomic E-state index is -0.990. The summed E-state index contributed by atoms with van der Waals surface area (Å²) in [6.45, 7) is 2.09. The molecule has 0 amide bonds. The lowest BCUT2D eigenvalue weighted by atomic mass is 10.0. The van der Waals surface area contributed by atoms with Gasteiger partial charge in [0.05, 0.1) is 12.1 Å². The molecule has 6 heteroatoms. The second kappa shape index (κ2) is 8.93. The van der Waals surface area contributed by atoms with Gasteiger partial charge in [0.2, 0.25) is 6.10 Å². The number of hydrogen-bond donors (Lipinski definition) is 0. The Morgan fingerprint density at radius 2 is 1.93 bits per heavy atom. The van der Waals surface area contributed by atoms with Gasteiger partial charge in [-0.05, 0) is 24.5 Å². The van der Waals surface area contributed by atoms with Gasteiger partial charge in [-0.25, -0.2) is 9.59 Å². The van der Waals surface area contributed by atoms with Crippen molar-refractivity contribution in [3.63, 3.8) is 0 Å². The standard InChI is InChI=1S/C22H21ClO5/c1-3-4-8-15-11-20(24)27-18-13-19(17(23)12-16(15)18)28-21(22(25)26-2)14-9-6-5-7-10-14/h5-7,9-13,21H,3-4,8H2,1-2H3/t21-/m1/s1. The van der Waals surface area contributed by atoms with Crippen LogP contribution in [0.25, 0.3) is 11.0 Å². The summed E-state index contributed by atoms with van der Waals surface area (Å²) in [4.78, 5) is 24.2. The van der Waals surface area contributed by atoms with Gasteiger partial charge in [0.25, 0.3) is 0 Å². The smallest absolute Gasteiger partial charge is 0.351 e. The van der Waals surface area contributed by atoms with Gasteiger partial charge in [0.1, 0.15) is 11.3 Å². The van der Waals surface area contributed by atoms with E-state index >= 15 is 0 Å². The largest absolute Gasteiger partial charge is 0.472 e. The summed E-state index contributed by atoms with van der Waals surface area (Å²) in [6.07, 6.45) is 1.72. The average molecular weight is 401 g/mol. The summed E-state index contributed by atoms with van der Waals surface area (Å²) in [5.41, 5.74) is 1.45. The molecule has 0 radical (unpaired) electrons. The maximum absolute atomic E-state index is 12.3. The highest BCUT2D eigenvalue weighted by Crippen LogP contribution is 2.34. The first kappa shape index (κ1) is 20.0. The van der Waals surface area contributed by atoms with E-state index in [1.165, 1.54) is 13.2 Å². The first-order valence-electron chi connectivity index (χ1n) is 9.09. The molecule has 0 saturated heterocycles. The van der Waals surface area contributed by atoms with E-state index in [-0.39, 0.29) is 5.75 Å². The van der Waals surface area contributed by atoms with E-state index in [0.717, 1.165) is 30.2 Å². The number of aryl methyl sites for hydroxylation is 1. The average Bonchev–Trinajstić information content (AvgIpc) is 2.71. The van der Waals surface area contributed by atoms with Crippen LogP contribution in [0.1, 0.15) is 37.0 Å². The van der Waals surface area contributed by atoms with Crippen molar-refractivity contribution in [2.75, 3.05) is 7.11 Å². The number of carbonyl (C=O) groups is 1. The number of fused-ring (bicyclic) bond motifs is 1. The van der Waals surface area contributed by atoms with E-state index in [2.05, 4.69) is 6.92 Å². The lowest BCUT2D eigenvalue weighted by Gasteiger charge is -2.18. The van der Waals surface area contributed by atoms with Crippen LogP contribution < -0.4 is 10.4 Å². The van der Waals surface area contributed by atoms with Crippen molar-refractivity contribution >= 4 is 28.5 Å². The number of halogens is 1. The number of methoxy groups -OCH3 is 1. The third kappa shape index (κ3) is 4.37. The van der Waals surface area contributed by atoms with Crippen molar-refractivity contribution in [3.8, 4) is 5.75 Å². The van der Waals surface area contributed by atoms with Crippen LogP contribution in [0.2, 0.25) is 5.02 Å². The molecule has 3 aromatic rings. The fourth-order valence-corrected chi connectivity index (χ4v) is 3.21. The molecule has 0 bridgehead atoms. The Kier molecular flexibility index (Phi) is 6.37. The second-order valence-corrected chi connectivity index (χ2v) is 6.81. The molecule has 1 atom stereocenters. The minimum absolute atomic E-state index is 0.240. The summed E-state index contributed by atoms with van der Waals surface area (Å²) < 4.78 is 16.1. The molecule has 0 N–H and O–H groups in total. The Balaban J connectivity index is 2.03. The van der Waals surface area contributed by atoms with Crippen LogP contribution in [0, 0.1) is 0 Å². The van der Waals surface area contributed by atoms with Gasteiger partial charge in [-0.2, -0.15) is 0 Å². The van der Waals surface area contributed by atoms with Gasteiger partial charge < -0.3 is 13.9 Å². The number of benzene rings is 2. The Hall–Kier alpha value is -2.79. The van der Waals surface area contributed by atoms with Crippen molar-refractivity contribution in [1.29, 1.82) is 0 Å². The van der Waals surface area contributed by atoms with Crippen LogP contribution in [-0.2, 0) is 16.0 Å². The SMILES string of the molecule is CCCCc1cc(=O)oc2cc(O[C@@H](C(=O)OC)c3ccccc3)c(Cl)cc12. The lowest BCUT2D eigenvalue weighted by molar-refractivity contribution is -0.149. The molecule has 0 aliphatic carbocycles. The third-order valence-electron chi connectivity index (χ3n) is 4.44. The van der Waals surface area contributed by atoms with Crippen molar-refractivity contribution < 1.29 is 18.7 Å². The molecule has 2 aromatic carbocycles. The molecule has 0 aliphatic heterocycles. The van der Waals surface area contributed by atoms with Crippen molar-refractivity contribution in [2.24, 2.45) is 0 Å². The summed E-state index contributed by atoms with van der Waals surface area (Å²) in [7, 11) is 1.29. The van der Waals surface area contributed by atoms with Crippen LogP contribution in [-0.4, -0.2) is 13.1 Å². The molecule has 1 aromatic heterocycles. The molecule has 146 valence electrons. The molecule has 28 heavy (non-hydrogen) atoms. The number of carbonyl (C=O) groups excluding carboxylic acids is 1. The molecule has 3 rings (SSSR count). The molecule has 0 aliphatic rings. The van der Waals surface area contributed by atoms with Gasteiger partial charge >= 0.3 is 11.6 Å². The summed E-state index contributed by atoms with van der Waals surface area (Å²) in [5.74, 6) is -0.315. The van der Waals surface area contributed by atoms with Gasteiger partial charge in [-0.1, -0.05) is 55.3 Å². The Labute approximate surface area is 167 Å². The molecule has 0 saturated carbocycles. The van der Waals surface area contributed by atoms with Crippen molar-refractivity contribution in [1.82, 2.24) is 0 Å². The van der Waals surface area contributed by atoms with Gasteiger partial charge in [0, 0.05) is 23.1 Å². The van der Waals surface area contributed by atoms with Crippen LogP contribution in [0.3, 0.4) is 0 Å². The van der Waals surface area contributed by atoms with Crippen LogP contribution in [0.4, 0.5) is 0 Å². The van der Waals surface area contributed by atoms with Crippen molar-refractivity contribution in [3.05, 3.63) is 75.1 Å². The highest BCUT2D eigenvalue weighted by atomic mass is 35.5. The van der Waals surface area contributed by atoms with E-state index in [1.54, 1.807) is 36.4 Å². The zero-order chi connectivity index (χ0) is 20.1. The predicted octanol–water partition coefficient (Wildman–Crippen LogP) is 5.08. The van der Waals surface area contributed by atoms with Gasteiger partial charge in [-0.3, -0.25) is 0 Å². The number of rotatable bonds is 7. The topological polar surface area (TPSA) is 65.7 Å². The fourth-order valence-electron chi connectivity index (χ4n) is 3.01. The van der Waals surface area contributed by atoms with E-state index in [0.29, 0.717) is 16.2 Å². The number of unbranched alkanes of at least 4 members (excludes halogenated alkanes) is 1. The minimum Gasteiger partial charge on any atom is -0.472 e.